The zero-order valence-corrected chi connectivity index (χ0v) is 9.69. The van der Waals surface area contributed by atoms with Gasteiger partial charge in [-0.2, -0.15) is 0 Å². The van der Waals surface area contributed by atoms with Gasteiger partial charge in [0, 0.05) is 22.8 Å². The van der Waals surface area contributed by atoms with Crippen molar-refractivity contribution in [3.8, 4) is 0 Å². The van der Waals surface area contributed by atoms with Crippen LogP contribution in [0.4, 0.5) is 0 Å². The quantitative estimate of drug-likeness (QED) is 0.805. The van der Waals surface area contributed by atoms with Gasteiger partial charge in [0.2, 0.25) is 5.91 Å². The molecule has 15 heavy (non-hydrogen) atoms. The van der Waals surface area contributed by atoms with Crippen LogP contribution in [0.25, 0.3) is 0 Å². The van der Waals surface area contributed by atoms with Gasteiger partial charge in [0.05, 0.1) is 12.5 Å². The zero-order chi connectivity index (χ0) is 10.7. The Labute approximate surface area is 93.9 Å². The standard InChI is InChI=1S/C11H16N2OS/c1-2-9-3-4-10(15-9)7-13-11(14)8-5-12-6-8/h3-4,8,12H,2,5-7H2,1H3,(H,13,14). The van der Waals surface area contributed by atoms with Crippen molar-refractivity contribution >= 4 is 17.2 Å². The van der Waals surface area contributed by atoms with Crippen molar-refractivity contribution in [3.05, 3.63) is 21.9 Å². The van der Waals surface area contributed by atoms with Crippen LogP contribution in [0.1, 0.15) is 16.7 Å². The van der Waals surface area contributed by atoms with Crippen LogP contribution >= 0.6 is 11.3 Å². The summed E-state index contributed by atoms with van der Waals surface area (Å²) in [5.41, 5.74) is 0. The highest BCUT2D eigenvalue weighted by Crippen LogP contribution is 2.16. The molecule has 2 heterocycles. The Morgan fingerprint density at radius 1 is 1.53 bits per heavy atom. The molecular formula is C11H16N2OS. The predicted molar refractivity (Wildman–Crippen MR) is 61.9 cm³/mol. The first-order chi connectivity index (χ1) is 7.29. The number of hydrogen-bond donors (Lipinski definition) is 2. The molecule has 0 saturated carbocycles. The number of carbonyl (C=O) groups excluding carboxylic acids is 1. The summed E-state index contributed by atoms with van der Waals surface area (Å²) in [5, 5.41) is 6.07. The molecule has 3 nitrogen and oxygen atoms in total. The number of carbonyl (C=O) groups is 1. The van der Waals surface area contributed by atoms with E-state index in [0.717, 1.165) is 19.5 Å². The molecule has 1 aliphatic heterocycles. The molecule has 1 fully saturated rings. The molecular weight excluding hydrogens is 208 g/mol. The van der Waals surface area contributed by atoms with E-state index in [2.05, 4.69) is 29.7 Å². The van der Waals surface area contributed by atoms with E-state index in [4.69, 9.17) is 0 Å². The number of thiophene rings is 1. The van der Waals surface area contributed by atoms with E-state index in [1.165, 1.54) is 9.75 Å². The minimum atomic E-state index is 0.181. The fourth-order valence-electron chi connectivity index (χ4n) is 1.50. The SMILES string of the molecule is CCc1ccc(CNC(=O)C2CNC2)s1. The second-order valence-electron chi connectivity index (χ2n) is 3.79. The minimum Gasteiger partial charge on any atom is -0.351 e. The maximum absolute atomic E-state index is 11.5. The summed E-state index contributed by atoms with van der Waals surface area (Å²) >= 11 is 1.78. The lowest BCUT2D eigenvalue weighted by molar-refractivity contribution is -0.126. The van der Waals surface area contributed by atoms with Crippen LogP contribution in [0.2, 0.25) is 0 Å². The number of rotatable bonds is 4. The molecule has 1 aromatic rings. The van der Waals surface area contributed by atoms with Gasteiger partial charge in [0.1, 0.15) is 0 Å². The second kappa shape index (κ2) is 4.77. The van der Waals surface area contributed by atoms with Crippen LogP contribution in [0.3, 0.4) is 0 Å². The lowest BCUT2D eigenvalue weighted by atomic mass is 10.0. The Morgan fingerprint density at radius 3 is 2.80 bits per heavy atom. The highest BCUT2D eigenvalue weighted by Gasteiger charge is 2.24. The summed E-state index contributed by atoms with van der Waals surface area (Å²) in [6.07, 6.45) is 1.07. The van der Waals surface area contributed by atoms with Crippen molar-refractivity contribution in [2.24, 2.45) is 5.92 Å². The molecule has 0 bridgehead atoms. The normalized spacial score (nSPS) is 16.1. The Kier molecular flexibility index (Phi) is 3.38. The van der Waals surface area contributed by atoms with Crippen molar-refractivity contribution in [2.75, 3.05) is 13.1 Å². The molecule has 0 radical (unpaired) electrons. The van der Waals surface area contributed by atoms with E-state index in [-0.39, 0.29) is 11.8 Å². The van der Waals surface area contributed by atoms with Gasteiger partial charge in [-0.15, -0.1) is 11.3 Å². The van der Waals surface area contributed by atoms with Gasteiger partial charge in [-0.05, 0) is 18.6 Å². The highest BCUT2D eigenvalue weighted by atomic mass is 32.1. The smallest absolute Gasteiger partial charge is 0.225 e. The first kappa shape index (κ1) is 10.6. The molecule has 0 atom stereocenters. The maximum Gasteiger partial charge on any atom is 0.225 e. The summed E-state index contributed by atoms with van der Waals surface area (Å²) in [5.74, 6) is 0.371. The zero-order valence-electron chi connectivity index (χ0n) is 8.88. The Morgan fingerprint density at radius 2 is 2.27 bits per heavy atom. The van der Waals surface area contributed by atoms with Gasteiger partial charge in [0.15, 0.2) is 0 Å². The van der Waals surface area contributed by atoms with E-state index in [9.17, 15) is 4.79 Å². The van der Waals surface area contributed by atoms with Gasteiger partial charge in [-0.1, -0.05) is 6.92 Å². The van der Waals surface area contributed by atoms with Crippen LogP contribution in [0.5, 0.6) is 0 Å². The summed E-state index contributed by atoms with van der Waals surface area (Å²) in [4.78, 5) is 14.2. The van der Waals surface area contributed by atoms with Crippen molar-refractivity contribution < 1.29 is 4.79 Å². The van der Waals surface area contributed by atoms with Crippen LogP contribution < -0.4 is 10.6 Å². The second-order valence-corrected chi connectivity index (χ2v) is 5.05. The average Bonchev–Trinajstić information content (AvgIpc) is 2.59. The molecule has 0 aromatic carbocycles. The molecule has 1 aromatic heterocycles. The van der Waals surface area contributed by atoms with E-state index in [1.54, 1.807) is 11.3 Å². The first-order valence-electron chi connectivity index (χ1n) is 5.35. The summed E-state index contributed by atoms with van der Waals surface area (Å²) in [7, 11) is 0. The van der Waals surface area contributed by atoms with Gasteiger partial charge < -0.3 is 10.6 Å². The maximum atomic E-state index is 11.5. The van der Waals surface area contributed by atoms with E-state index in [1.807, 2.05) is 0 Å². The molecule has 0 unspecified atom stereocenters. The van der Waals surface area contributed by atoms with E-state index in [0.29, 0.717) is 6.54 Å². The Bertz CT molecular complexity index is 344. The van der Waals surface area contributed by atoms with Crippen molar-refractivity contribution in [1.82, 2.24) is 10.6 Å². The van der Waals surface area contributed by atoms with Crippen LogP contribution in [-0.4, -0.2) is 19.0 Å². The number of hydrogen-bond acceptors (Lipinski definition) is 3. The summed E-state index contributed by atoms with van der Waals surface area (Å²) < 4.78 is 0. The number of nitrogens with one attached hydrogen (secondary N) is 2. The fourth-order valence-corrected chi connectivity index (χ4v) is 2.40. The molecule has 2 rings (SSSR count). The van der Waals surface area contributed by atoms with Crippen molar-refractivity contribution in [1.29, 1.82) is 0 Å². The molecule has 1 saturated heterocycles. The van der Waals surface area contributed by atoms with Crippen LogP contribution in [0, 0.1) is 5.92 Å². The third kappa shape index (κ3) is 2.58. The van der Waals surface area contributed by atoms with Gasteiger partial charge in [0.25, 0.3) is 0 Å². The summed E-state index contributed by atoms with van der Waals surface area (Å²) in [6, 6.07) is 4.24. The topological polar surface area (TPSA) is 41.1 Å². The fraction of sp³-hybridized carbons (Fsp3) is 0.545. The monoisotopic (exact) mass is 224 g/mol. The summed E-state index contributed by atoms with van der Waals surface area (Å²) in [6.45, 7) is 4.49. The van der Waals surface area contributed by atoms with Crippen LogP contribution in [0.15, 0.2) is 12.1 Å². The molecule has 1 amide bonds. The van der Waals surface area contributed by atoms with Crippen LogP contribution in [-0.2, 0) is 17.8 Å². The first-order valence-corrected chi connectivity index (χ1v) is 6.17. The average molecular weight is 224 g/mol. The lowest BCUT2D eigenvalue weighted by Gasteiger charge is -2.25. The number of aryl methyl sites for hydroxylation is 1. The molecule has 82 valence electrons. The Balaban J connectivity index is 1.79. The van der Waals surface area contributed by atoms with Crippen molar-refractivity contribution in [3.63, 3.8) is 0 Å². The molecule has 0 aliphatic carbocycles. The van der Waals surface area contributed by atoms with Gasteiger partial charge >= 0.3 is 0 Å². The van der Waals surface area contributed by atoms with E-state index >= 15 is 0 Å². The molecule has 2 N–H and O–H groups in total. The van der Waals surface area contributed by atoms with Gasteiger partial charge in [-0.3, -0.25) is 4.79 Å². The lowest BCUT2D eigenvalue weighted by Crippen LogP contribution is -2.50. The third-order valence-electron chi connectivity index (χ3n) is 2.65. The number of amides is 1. The molecule has 4 heteroatoms. The molecule has 0 spiro atoms. The van der Waals surface area contributed by atoms with Crippen molar-refractivity contribution in [2.45, 2.75) is 19.9 Å². The molecule has 1 aliphatic rings. The minimum absolute atomic E-state index is 0.181. The Hall–Kier alpha value is -0.870. The van der Waals surface area contributed by atoms with Gasteiger partial charge in [-0.25, -0.2) is 0 Å². The largest absolute Gasteiger partial charge is 0.351 e. The third-order valence-corrected chi connectivity index (χ3v) is 3.88. The highest BCUT2D eigenvalue weighted by molar-refractivity contribution is 7.11. The van der Waals surface area contributed by atoms with E-state index < -0.39 is 0 Å². The predicted octanol–water partition coefficient (Wildman–Crippen LogP) is 1.15.